The molecule has 0 saturated carbocycles. The summed E-state index contributed by atoms with van der Waals surface area (Å²) in [6.07, 6.45) is 0.339. The third-order valence-electron chi connectivity index (χ3n) is 4.35. The Hall–Kier alpha value is -2.54. The molecule has 1 N–H and O–H groups in total. The molecule has 2 aromatic rings. The summed E-state index contributed by atoms with van der Waals surface area (Å²) in [5, 5.41) is 2.66. The Balaban J connectivity index is 1.60. The van der Waals surface area contributed by atoms with Crippen LogP contribution < -0.4 is 10.1 Å². The van der Waals surface area contributed by atoms with Crippen LogP contribution in [0, 0.1) is 5.82 Å². The first-order valence-corrected chi connectivity index (χ1v) is 9.81. The van der Waals surface area contributed by atoms with Crippen LogP contribution in [0.2, 0.25) is 0 Å². The number of benzene rings is 2. The molecule has 3 rings (SSSR count). The quantitative estimate of drug-likeness (QED) is 0.855. The van der Waals surface area contributed by atoms with E-state index in [9.17, 15) is 14.0 Å². The molecule has 1 aliphatic rings. The molecule has 1 aliphatic heterocycles. The van der Waals surface area contributed by atoms with Crippen molar-refractivity contribution in [2.75, 3.05) is 37.0 Å². The number of hydrogen-bond acceptors (Lipinski definition) is 4. The van der Waals surface area contributed by atoms with Crippen LogP contribution in [0.3, 0.4) is 0 Å². The van der Waals surface area contributed by atoms with Gasteiger partial charge in [0.1, 0.15) is 11.6 Å². The zero-order chi connectivity index (χ0) is 19.2. The van der Waals surface area contributed by atoms with Crippen molar-refractivity contribution < 1.29 is 18.7 Å². The standard InChI is InChI=1S/C20H21FN2O3S/c1-26-16-6-7-17(18(21)13-16)20(25)22-15-4-2-14(3-5-15)12-19(24)23-8-10-27-11-9-23/h2-7,13H,8-12H2,1H3,(H,22,25). The maximum atomic E-state index is 14.0. The monoisotopic (exact) mass is 388 g/mol. The summed E-state index contributed by atoms with van der Waals surface area (Å²) in [5.74, 6) is 1.26. The van der Waals surface area contributed by atoms with Crippen LogP contribution in [0.1, 0.15) is 15.9 Å². The normalized spacial score (nSPS) is 13.9. The van der Waals surface area contributed by atoms with E-state index in [1.54, 1.807) is 24.3 Å². The number of ether oxygens (including phenoxy) is 1. The van der Waals surface area contributed by atoms with Gasteiger partial charge in [-0.2, -0.15) is 11.8 Å². The summed E-state index contributed by atoms with van der Waals surface area (Å²) in [5.41, 5.74) is 1.37. The number of hydrogen-bond donors (Lipinski definition) is 1. The SMILES string of the molecule is COc1ccc(C(=O)Nc2ccc(CC(=O)N3CCSCC3)cc2)c(F)c1. The number of rotatable bonds is 5. The largest absolute Gasteiger partial charge is 0.497 e. The van der Waals surface area contributed by atoms with Crippen molar-refractivity contribution in [3.63, 3.8) is 0 Å². The molecular formula is C20H21FN2O3S. The minimum absolute atomic E-state index is 0.0574. The van der Waals surface area contributed by atoms with Crippen LogP contribution in [0.5, 0.6) is 5.75 Å². The molecule has 1 fully saturated rings. The van der Waals surface area contributed by atoms with Crippen LogP contribution in [-0.2, 0) is 11.2 Å². The third-order valence-corrected chi connectivity index (χ3v) is 5.29. The van der Waals surface area contributed by atoms with Crippen LogP contribution in [-0.4, -0.2) is 48.4 Å². The Morgan fingerprint density at radius 1 is 1.15 bits per heavy atom. The zero-order valence-electron chi connectivity index (χ0n) is 15.0. The van der Waals surface area contributed by atoms with Crippen molar-refractivity contribution in [2.24, 2.45) is 0 Å². The van der Waals surface area contributed by atoms with Gasteiger partial charge in [0, 0.05) is 36.3 Å². The third kappa shape index (κ3) is 5.01. The van der Waals surface area contributed by atoms with Gasteiger partial charge in [0.15, 0.2) is 0 Å². The molecule has 7 heteroatoms. The summed E-state index contributed by atoms with van der Waals surface area (Å²) < 4.78 is 18.9. The van der Waals surface area contributed by atoms with E-state index in [0.717, 1.165) is 30.2 Å². The second kappa shape index (κ2) is 8.90. The van der Waals surface area contributed by atoms with Crippen molar-refractivity contribution >= 4 is 29.3 Å². The van der Waals surface area contributed by atoms with Gasteiger partial charge in [-0.25, -0.2) is 4.39 Å². The fraction of sp³-hybridized carbons (Fsp3) is 0.300. The van der Waals surface area contributed by atoms with E-state index >= 15 is 0 Å². The highest BCUT2D eigenvalue weighted by Crippen LogP contribution is 2.19. The van der Waals surface area contributed by atoms with Crippen LogP contribution >= 0.6 is 11.8 Å². The molecule has 2 aromatic carbocycles. The lowest BCUT2D eigenvalue weighted by molar-refractivity contribution is -0.130. The number of carbonyl (C=O) groups excluding carboxylic acids is 2. The second-order valence-electron chi connectivity index (χ2n) is 6.17. The molecule has 27 heavy (non-hydrogen) atoms. The number of carbonyl (C=O) groups is 2. The average molecular weight is 388 g/mol. The molecule has 0 aliphatic carbocycles. The summed E-state index contributed by atoms with van der Waals surface area (Å²) in [7, 11) is 1.44. The molecule has 1 heterocycles. The van der Waals surface area contributed by atoms with Crippen molar-refractivity contribution in [3.8, 4) is 5.75 Å². The minimum Gasteiger partial charge on any atom is -0.497 e. The first kappa shape index (κ1) is 19.2. The van der Waals surface area contributed by atoms with Gasteiger partial charge in [-0.15, -0.1) is 0 Å². The van der Waals surface area contributed by atoms with Crippen LogP contribution in [0.25, 0.3) is 0 Å². The van der Waals surface area contributed by atoms with Gasteiger partial charge in [0.05, 0.1) is 19.1 Å². The first-order chi connectivity index (χ1) is 13.1. The number of amides is 2. The van der Waals surface area contributed by atoms with Gasteiger partial charge in [0.2, 0.25) is 5.91 Å². The maximum absolute atomic E-state index is 14.0. The number of halogens is 1. The highest BCUT2D eigenvalue weighted by atomic mass is 32.2. The second-order valence-corrected chi connectivity index (χ2v) is 7.39. The van der Waals surface area contributed by atoms with E-state index in [-0.39, 0.29) is 11.5 Å². The molecule has 0 spiro atoms. The molecule has 2 amide bonds. The molecule has 5 nitrogen and oxygen atoms in total. The van der Waals surface area contributed by atoms with Gasteiger partial charge in [-0.05, 0) is 29.8 Å². The van der Waals surface area contributed by atoms with E-state index in [1.807, 2.05) is 16.7 Å². The van der Waals surface area contributed by atoms with Crippen LogP contribution in [0.15, 0.2) is 42.5 Å². The molecule has 0 atom stereocenters. The van der Waals surface area contributed by atoms with Gasteiger partial charge in [0.25, 0.3) is 5.91 Å². The Morgan fingerprint density at radius 3 is 2.48 bits per heavy atom. The Morgan fingerprint density at radius 2 is 1.85 bits per heavy atom. The lowest BCUT2D eigenvalue weighted by atomic mass is 10.1. The van der Waals surface area contributed by atoms with Crippen molar-refractivity contribution in [1.29, 1.82) is 0 Å². The smallest absolute Gasteiger partial charge is 0.258 e. The average Bonchev–Trinajstić information content (AvgIpc) is 2.69. The molecule has 0 radical (unpaired) electrons. The van der Waals surface area contributed by atoms with E-state index < -0.39 is 11.7 Å². The summed E-state index contributed by atoms with van der Waals surface area (Å²) >= 11 is 1.86. The summed E-state index contributed by atoms with van der Waals surface area (Å²) in [6, 6.07) is 11.1. The number of thioether (sulfide) groups is 1. The lowest BCUT2D eigenvalue weighted by Gasteiger charge is -2.26. The number of nitrogens with zero attached hydrogens (tertiary/aromatic N) is 1. The fourth-order valence-electron chi connectivity index (χ4n) is 2.81. The fourth-order valence-corrected chi connectivity index (χ4v) is 3.71. The molecular weight excluding hydrogens is 367 g/mol. The number of methoxy groups -OCH3 is 1. The van der Waals surface area contributed by atoms with Crippen LogP contribution in [0.4, 0.5) is 10.1 Å². The molecule has 0 unspecified atom stereocenters. The topological polar surface area (TPSA) is 58.6 Å². The Kier molecular flexibility index (Phi) is 6.34. The zero-order valence-corrected chi connectivity index (χ0v) is 15.9. The first-order valence-electron chi connectivity index (χ1n) is 8.66. The maximum Gasteiger partial charge on any atom is 0.258 e. The van der Waals surface area contributed by atoms with Crippen molar-refractivity contribution in [1.82, 2.24) is 4.90 Å². The van der Waals surface area contributed by atoms with Gasteiger partial charge in [-0.1, -0.05) is 12.1 Å². The predicted octanol–water partition coefficient (Wildman–Crippen LogP) is 3.20. The Bertz CT molecular complexity index is 820. The van der Waals surface area contributed by atoms with E-state index in [4.69, 9.17) is 4.74 Å². The van der Waals surface area contributed by atoms with E-state index in [1.165, 1.54) is 25.3 Å². The van der Waals surface area contributed by atoms with Gasteiger partial charge >= 0.3 is 0 Å². The van der Waals surface area contributed by atoms with E-state index in [0.29, 0.717) is 17.9 Å². The lowest BCUT2D eigenvalue weighted by Crippen LogP contribution is -2.38. The van der Waals surface area contributed by atoms with E-state index in [2.05, 4.69) is 5.32 Å². The highest BCUT2D eigenvalue weighted by molar-refractivity contribution is 7.99. The minimum atomic E-state index is -0.645. The molecule has 0 aromatic heterocycles. The van der Waals surface area contributed by atoms with Gasteiger partial charge < -0.3 is 15.0 Å². The molecule has 1 saturated heterocycles. The van der Waals surface area contributed by atoms with Crippen molar-refractivity contribution in [3.05, 3.63) is 59.4 Å². The predicted molar refractivity (Wildman–Crippen MR) is 105 cm³/mol. The highest BCUT2D eigenvalue weighted by Gasteiger charge is 2.17. The number of anilines is 1. The van der Waals surface area contributed by atoms with Crippen molar-refractivity contribution in [2.45, 2.75) is 6.42 Å². The number of nitrogens with one attached hydrogen (secondary N) is 1. The molecule has 142 valence electrons. The molecule has 0 bridgehead atoms. The van der Waals surface area contributed by atoms with Gasteiger partial charge in [-0.3, -0.25) is 9.59 Å². The Labute approximate surface area is 161 Å². The summed E-state index contributed by atoms with van der Waals surface area (Å²) in [4.78, 5) is 26.4. The summed E-state index contributed by atoms with van der Waals surface area (Å²) in [6.45, 7) is 1.59.